The first-order valence-corrected chi connectivity index (χ1v) is 5.87. The van der Waals surface area contributed by atoms with Crippen LogP contribution in [0, 0.1) is 6.92 Å². The van der Waals surface area contributed by atoms with Gasteiger partial charge in [-0.05, 0) is 18.9 Å². The molecule has 1 aromatic carbocycles. The molecule has 0 spiro atoms. The highest BCUT2D eigenvalue weighted by molar-refractivity contribution is 5.58. The maximum atomic E-state index is 5.94. The lowest BCUT2D eigenvalue weighted by molar-refractivity contribution is 0.348. The van der Waals surface area contributed by atoms with Gasteiger partial charge in [-0.2, -0.15) is 4.98 Å². The molecule has 0 aliphatic rings. The second-order valence-electron chi connectivity index (χ2n) is 4.17. The first-order valence-electron chi connectivity index (χ1n) is 5.87. The van der Waals surface area contributed by atoms with Gasteiger partial charge in [-0.3, -0.25) is 0 Å². The van der Waals surface area contributed by atoms with Gasteiger partial charge in [-0.15, -0.1) is 0 Å². The highest BCUT2D eigenvalue weighted by Crippen LogP contribution is 2.22. The number of aryl methyl sites for hydroxylation is 1. The Morgan fingerprint density at radius 2 is 2.12 bits per heavy atom. The van der Waals surface area contributed by atoms with Crippen LogP contribution in [-0.2, 0) is 0 Å². The van der Waals surface area contributed by atoms with Gasteiger partial charge in [-0.1, -0.05) is 42.8 Å². The Hall–Kier alpha value is -1.68. The molecule has 0 bridgehead atoms. The van der Waals surface area contributed by atoms with Crippen LogP contribution in [0.15, 0.2) is 28.8 Å². The van der Waals surface area contributed by atoms with Crippen LogP contribution in [0.2, 0.25) is 0 Å². The lowest BCUT2D eigenvalue weighted by Crippen LogP contribution is -2.09. The molecule has 2 aromatic rings. The summed E-state index contributed by atoms with van der Waals surface area (Å²) in [4.78, 5) is 4.36. The predicted octanol–water partition coefficient (Wildman–Crippen LogP) is 2.84. The Balaban J connectivity index is 2.27. The van der Waals surface area contributed by atoms with E-state index in [9.17, 15) is 0 Å². The fourth-order valence-corrected chi connectivity index (χ4v) is 1.75. The minimum absolute atomic E-state index is 0.162. The van der Waals surface area contributed by atoms with Crippen LogP contribution in [0.3, 0.4) is 0 Å². The quantitative estimate of drug-likeness (QED) is 0.878. The van der Waals surface area contributed by atoms with E-state index in [1.54, 1.807) is 0 Å². The first-order chi connectivity index (χ1) is 8.22. The smallest absolute Gasteiger partial charge is 0.243 e. The maximum absolute atomic E-state index is 5.94. The lowest BCUT2D eigenvalue weighted by atomic mass is 10.1. The maximum Gasteiger partial charge on any atom is 0.243 e. The Labute approximate surface area is 101 Å². The van der Waals surface area contributed by atoms with E-state index in [4.69, 9.17) is 10.3 Å². The van der Waals surface area contributed by atoms with Crippen molar-refractivity contribution in [3.63, 3.8) is 0 Å². The van der Waals surface area contributed by atoms with E-state index in [0.717, 1.165) is 24.0 Å². The largest absolute Gasteiger partial charge is 0.337 e. The number of aromatic nitrogens is 2. The Kier molecular flexibility index (Phi) is 3.54. The standard InChI is InChI=1S/C13H17N3O/c1-3-6-11(14)13-15-12(16-17-13)10-8-5-4-7-9(10)2/h4-5,7-8,11H,3,6,14H2,1-2H3/t11-/m1/s1. The monoisotopic (exact) mass is 231 g/mol. The average molecular weight is 231 g/mol. The fourth-order valence-electron chi connectivity index (χ4n) is 1.75. The SMILES string of the molecule is CCC[C@@H](N)c1nc(-c2ccccc2C)no1. The van der Waals surface area contributed by atoms with Crippen molar-refractivity contribution in [2.24, 2.45) is 5.73 Å². The van der Waals surface area contributed by atoms with E-state index in [1.807, 2.05) is 31.2 Å². The molecule has 0 fully saturated rings. The van der Waals surface area contributed by atoms with E-state index < -0.39 is 0 Å². The highest BCUT2D eigenvalue weighted by Gasteiger charge is 2.15. The molecular formula is C13H17N3O. The molecule has 1 atom stereocenters. The summed E-state index contributed by atoms with van der Waals surface area (Å²) in [7, 11) is 0. The van der Waals surface area contributed by atoms with Crippen LogP contribution in [0.25, 0.3) is 11.4 Å². The van der Waals surface area contributed by atoms with Crippen LogP contribution >= 0.6 is 0 Å². The normalized spacial score (nSPS) is 12.6. The van der Waals surface area contributed by atoms with Crippen molar-refractivity contribution < 1.29 is 4.52 Å². The minimum Gasteiger partial charge on any atom is -0.337 e. The summed E-state index contributed by atoms with van der Waals surface area (Å²) >= 11 is 0. The van der Waals surface area contributed by atoms with Crippen molar-refractivity contribution in [3.05, 3.63) is 35.7 Å². The van der Waals surface area contributed by atoms with Crippen molar-refractivity contribution in [3.8, 4) is 11.4 Å². The van der Waals surface area contributed by atoms with E-state index in [-0.39, 0.29) is 6.04 Å². The number of hydrogen-bond donors (Lipinski definition) is 1. The zero-order valence-corrected chi connectivity index (χ0v) is 10.2. The van der Waals surface area contributed by atoms with Crippen molar-refractivity contribution in [2.45, 2.75) is 32.7 Å². The highest BCUT2D eigenvalue weighted by atomic mass is 16.5. The van der Waals surface area contributed by atoms with Gasteiger partial charge in [0, 0.05) is 5.56 Å². The molecule has 0 amide bonds. The molecule has 17 heavy (non-hydrogen) atoms. The Bertz CT molecular complexity index is 493. The van der Waals surface area contributed by atoms with E-state index in [0.29, 0.717) is 11.7 Å². The molecule has 0 radical (unpaired) electrons. The molecule has 90 valence electrons. The summed E-state index contributed by atoms with van der Waals surface area (Å²) < 4.78 is 5.20. The molecule has 0 saturated heterocycles. The summed E-state index contributed by atoms with van der Waals surface area (Å²) in [6.07, 6.45) is 1.86. The van der Waals surface area contributed by atoms with Crippen LogP contribution < -0.4 is 5.73 Å². The molecule has 0 aliphatic carbocycles. The van der Waals surface area contributed by atoms with Crippen LogP contribution in [0.4, 0.5) is 0 Å². The number of benzene rings is 1. The Morgan fingerprint density at radius 1 is 1.35 bits per heavy atom. The van der Waals surface area contributed by atoms with Crippen LogP contribution in [-0.4, -0.2) is 10.1 Å². The zero-order chi connectivity index (χ0) is 12.3. The first kappa shape index (κ1) is 11.8. The third-order valence-corrected chi connectivity index (χ3v) is 2.74. The summed E-state index contributed by atoms with van der Waals surface area (Å²) in [5.74, 6) is 1.13. The second-order valence-corrected chi connectivity index (χ2v) is 4.17. The minimum atomic E-state index is -0.162. The van der Waals surface area contributed by atoms with Crippen molar-refractivity contribution >= 4 is 0 Å². The van der Waals surface area contributed by atoms with Crippen LogP contribution in [0.5, 0.6) is 0 Å². The summed E-state index contributed by atoms with van der Waals surface area (Å²) in [6.45, 7) is 4.11. The third kappa shape index (κ3) is 2.53. The molecule has 0 unspecified atom stereocenters. The summed E-state index contributed by atoms with van der Waals surface area (Å²) in [5, 5.41) is 3.98. The van der Waals surface area contributed by atoms with E-state index in [2.05, 4.69) is 17.1 Å². The molecule has 0 saturated carbocycles. The van der Waals surface area contributed by atoms with Gasteiger partial charge in [-0.25, -0.2) is 0 Å². The molecule has 4 heteroatoms. The van der Waals surface area contributed by atoms with Gasteiger partial charge in [0.2, 0.25) is 11.7 Å². The summed E-state index contributed by atoms with van der Waals surface area (Å²) in [6, 6.07) is 7.80. The van der Waals surface area contributed by atoms with Crippen molar-refractivity contribution in [2.75, 3.05) is 0 Å². The number of nitrogens with two attached hydrogens (primary N) is 1. The molecule has 1 heterocycles. The zero-order valence-electron chi connectivity index (χ0n) is 10.2. The molecule has 2 N–H and O–H groups in total. The number of rotatable bonds is 4. The Morgan fingerprint density at radius 3 is 2.82 bits per heavy atom. The van der Waals surface area contributed by atoms with Gasteiger partial charge in [0.15, 0.2) is 0 Å². The predicted molar refractivity (Wildman–Crippen MR) is 66.3 cm³/mol. The third-order valence-electron chi connectivity index (χ3n) is 2.74. The van der Waals surface area contributed by atoms with Crippen LogP contribution in [0.1, 0.15) is 37.3 Å². The van der Waals surface area contributed by atoms with Gasteiger partial charge in [0.1, 0.15) is 0 Å². The molecular weight excluding hydrogens is 214 g/mol. The van der Waals surface area contributed by atoms with Gasteiger partial charge in [0.05, 0.1) is 6.04 Å². The second kappa shape index (κ2) is 5.10. The number of hydrogen-bond acceptors (Lipinski definition) is 4. The molecule has 2 rings (SSSR count). The summed E-state index contributed by atoms with van der Waals surface area (Å²) in [5.41, 5.74) is 8.06. The van der Waals surface area contributed by atoms with Gasteiger partial charge >= 0.3 is 0 Å². The van der Waals surface area contributed by atoms with Crippen molar-refractivity contribution in [1.82, 2.24) is 10.1 Å². The molecule has 0 aliphatic heterocycles. The van der Waals surface area contributed by atoms with Gasteiger partial charge in [0.25, 0.3) is 0 Å². The molecule has 1 aromatic heterocycles. The fraction of sp³-hybridized carbons (Fsp3) is 0.385. The van der Waals surface area contributed by atoms with E-state index in [1.165, 1.54) is 0 Å². The van der Waals surface area contributed by atoms with Crippen molar-refractivity contribution in [1.29, 1.82) is 0 Å². The average Bonchev–Trinajstić information content (AvgIpc) is 2.79. The lowest BCUT2D eigenvalue weighted by Gasteiger charge is -2.02. The topological polar surface area (TPSA) is 64.9 Å². The van der Waals surface area contributed by atoms with Gasteiger partial charge < -0.3 is 10.3 Å². The van der Waals surface area contributed by atoms with E-state index >= 15 is 0 Å². The molecule has 4 nitrogen and oxygen atoms in total. The number of nitrogens with zero attached hydrogens (tertiary/aromatic N) is 2.